The van der Waals surface area contributed by atoms with Crippen LogP contribution in [0.5, 0.6) is 0 Å². The van der Waals surface area contributed by atoms with Gasteiger partial charge in [0.25, 0.3) is 0 Å². The first-order chi connectivity index (χ1) is 9.06. The van der Waals surface area contributed by atoms with Crippen LogP contribution < -0.4 is 10.6 Å². The van der Waals surface area contributed by atoms with E-state index in [2.05, 4.69) is 9.27 Å². The van der Waals surface area contributed by atoms with Crippen LogP contribution in [0.15, 0.2) is 4.90 Å². The second-order valence-corrected chi connectivity index (χ2v) is 8.50. The Labute approximate surface area is 122 Å². The molecule has 0 saturated carbocycles. The molecule has 1 aromatic heterocycles. The quantitative estimate of drug-likeness (QED) is 0.912. The van der Waals surface area contributed by atoms with Crippen LogP contribution in [-0.4, -0.2) is 43.1 Å². The number of nitrogens with two attached hydrogens (primary N) is 1. The van der Waals surface area contributed by atoms with Gasteiger partial charge in [-0.05, 0) is 30.1 Å². The maximum Gasteiger partial charge on any atom is 0.185 e. The number of aromatic nitrogens is 1. The largest absolute Gasteiger partial charge is 0.382 e. The van der Waals surface area contributed by atoms with Gasteiger partial charge in [0.05, 0.1) is 5.75 Å². The predicted molar refractivity (Wildman–Crippen MR) is 83.0 cm³/mol. The van der Waals surface area contributed by atoms with Crippen LogP contribution in [0, 0.1) is 0 Å². The predicted octanol–water partition coefficient (Wildman–Crippen LogP) is 1.85. The third kappa shape index (κ3) is 3.35. The van der Waals surface area contributed by atoms with E-state index in [-0.39, 0.29) is 16.5 Å². The number of nitrogens with zero attached hydrogens (tertiary/aromatic N) is 2. The van der Waals surface area contributed by atoms with Crippen molar-refractivity contribution < 1.29 is 8.42 Å². The van der Waals surface area contributed by atoms with Crippen LogP contribution in [0.25, 0.3) is 0 Å². The van der Waals surface area contributed by atoms with Crippen molar-refractivity contribution in [3.8, 4) is 0 Å². The van der Waals surface area contributed by atoms with Gasteiger partial charge in [-0.15, -0.1) is 0 Å². The summed E-state index contributed by atoms with van der Waals surface area (Å²) in [6.45, 7) is 3.60. The molecule has 2 rings (SSSR count). The van der Waals surface area contributed by atoms with Crippen LogP contribution in [0.2, 0.25) is 0 Å². The van der Waals surface area contributed by atoms with Gasteiger partial charge in [0, 0.05) is 18.8 Å². The Hall–Kier alpha value is -0.470. The zero-order valence-electron chi connectivity index (χ0n) is 11.0. The van der Waals surface area contributed by atoms with E-state index in [1.165, 1.54) is 11.5 Å². The van der Waals surface area contributed by atoms with E-state index in [1.54, 1.807) is 0 Å². The van der Waals surface area contributed by atoms with E-state index >= 15 is 0 Å². The third-order valence-electron chi connectivity index (χ3n) is 2.95. The Morgan fingerprint density at radius 3 is 2.89 bits per heavy atom. The maximum absolute atomic E-state index is 12.3. The minimum absolute atomic E-state index is 0.130. The molecule has 0 atom stereocenters. The van der Waals surface area contributed by atoms with Crippen molar-refractivity contribution in [3.63, 3.8) is 0 Å². The highest BCUT2D eigenvalue weighted by atomic mass is 32.2. The number of anilines is 2. The van der Waals surface area contributed by atoms with Gasteiger partial charge in [0.15, 0.2) is 15.7 Å². The van der Waals surface area contributed by atoms with Gasteiger partial charge in [-0.2, -0.15) is 16.1 Å². The lowest BCUT2D eigenvalue weighted by Crippen LogP contribution is -2.26. The minimum Gasteiger partial charge on any atom is -0.382 e. The highest BCUT2D eigenvalue weighted by molar-refractivity contribution is 7.99. The summed E-state index contributed by atoms with van der Waals surface area (Å²) in [6.07, 6.45) is 1.66. The second-order valence-electron chi connectivity index (χ2n) is 4.47. The summed E-state index contributed by atoms with van der Waals surface area (Å²) in [4.78, 5) is 2.38. The normalized spacial score (nSPS) is 17.4. The molecule has 8 heteroatoms. The van der Waals surface area contributed by atoms with E-state index in [4.69, 9.17) is 5.73 Å². The fraction of sp³-hybridized carbons (Fsp3) is 0.727. The molecule has 1 aliphatic rings. The zero-order valence-corrected chi connectivity index (χ0v) is 13.4. The number of rotatable bonds is 4. The molecule has 0 unspecified atom stereocenters. The summed E-state index contributed by atoms with van der Waals surface area (Å²) in [5.41, 5.74) is 5.79. The van der Waals surface area contributed by atoms with Gasteiger partial charge in [-0.1, -0.05) is 6.92 Å². The van der Waals surface area contributed by atoms with Crippen LogP contribution in [0.3, 0.4) is 0 Å². The SMILES string of the molecule is CCCS(=O)(=O)c1c(N)nsc1N1CCCSCC1. The minimum atomic E-state index is -3.32. The molecule has 0 radical (unpaired) electrons. The highest BCUT2D eigenvalue weighted by Crippen LogP contribution is 2.36. The van der Waals surface area contributed by atoms with Gasteiger partial charge in [0.1, 0.15) is 9.90 Å². The Bertz CT molecular complexity index is 519. The van der Waals surface area contributed by atoms with Crippen molar-refractivity contribution in [1.29, 1.82) is 0 Å². The van der Waals surface area contributed by atoms with Gasteiger partial charge >= 0.3 is 0 Å². The van der Waals surface area contributed by atoms with Gasteiger partial charge < -0.3 is 10.6 Å². The Balaban J connectivity index is 2.36. The second kappa shape index (κ2) is 6.32. The molecule has 0 spiro atoms. The molecular formula is C11H19N3O2S3. The summed E-state index contributed by atoms with van der Waals surface area (Å²) < 4.78 is 28.7. The summed E-state index contributed by atoms with van der Waals surface area (Å²) in [5, 5.41) is 0.730. The summed E-state index contributed by atoms with van der Waals surface area (Å²) in [5.74, 6) is 2.43. The lowest BCUT2D eigenvalue weighted by molar-refractivity contribution is 0.595. The lowest BCUT2D eigenvalue weighted by atomic mass is 10.4. The topological polar surface area (TPSA) is 76.3 Å². The average Bonchev–Trinajstić information content (AvgIpc) is 2.59. The molecule has 19 heavy (non-hydrogen) atoms. The Kier molecular flexibility index (Phi) is 4.97. The van der Waals surface area contributed by atoms with E-state index in [0.717, 1.165) is 36.0 Å². The van der Waals surface area contributed by atoms with Gasteiger partial charge in [-0.3, -0.25) is 0 Å². The molecule has 1 aliphatic heterocycles. The van der Waals surface area contributed by atoms with Gasteiger partial charge in [0.2, 0.25) is 0 Å². The van der Waals surface area contributed by atoms with Gasteiger partial charge in [-0.25, -0.2) is 8.42 Å². The average molecular weight is 321 g/mol. The number of hydrogen-bond donors (Lipinski definition) is 1. The number of nitrogen functional groups attached to an aromatic ring is 1. The van der Waals surface area contributed by atoms with Crippen molar-refractivity contribution in [1.82, 2.24) is 4.37 Å². The zero-order chi connectivity index (χ0) is 13.9. The van der Waals surface area contributed by atoms with Crippen molar-refractivity contribution >= 4 is 44.0 Å². The molecule has 0 aliphatic carbocycles. The third-order valence-corrected chi connectivity index (χ3v) is 7.02. The Morgan fingerprint density at radius 2 is 2.16 bits per heavy atom. The van der Waals surface area contributed by atoms with E-state index in [0.29, 0.717) is 6.42 Å². The number of hydrogen-bond acceptors (Lipinski definition) is 7. The standard InChI is InChI=1S/C11H19N3O2S3/c1-2-8-19(15,16)9-10(12)13-18-11(9)14-4-3-6-17-7-5-14/h2-8H2,1H3,(H2,12,13). The Morgan fingerprint density at radius 1 is 1.37 bits per heavy atom. The van der Waals surface area contributed by atoms with Crippen LogP contribution in [-0.2, 0) is 9.84 Å². The molecule has 0 aromatic carbocycles. The fourth-order valence-electron chi connectivity index (χ4n) is 2.10. The molecule has 1 aromatic rings. The number of sulfone groups is 1. The summed E-state index contributed by atoms with van der Waals surface area (Å²) >= 11 is 3.11. The summed E-state index contributed by atoms with van der Waals surface area (Å²) in [7, 11) is -3.32. The van der Waals surface area contributed by atoms with Crippen molar-refractivity contribution in [3.05, 3.63) is 0 Å². The molecule has 0 bridgehead atoms. The molecule has 108 valence electrons. The maximum atomic E-state index is 12.3. The molecule has 2 heterocycles. The highest BCUT2D eigenvalue weighted by Gasteiger charge is 2.28. The molecule has 2 N–H and O–H groups in total. The molecule has 1 fully saturated rings. The van der Waals surface area contributed by atoms with Crippen molar-refractivity contribution in [2.75, 3.05) is 41.0 Å². The first-order valence-electron chi connectivity index (χ1n) is 6.37. The number of thioether (sulfide) groups is 1. The molecule has 0 amide bonds. The molecular weight excluding hydrogens is 302 g/mol. The van der Waals surface area contributed by atoms with Crippen molar-refractivity contribution in [2.24, 2.45) is 0 Å². The van der Waals surface area contributed by atoms with Crippen LogP contribution >= 0.6 is 23.3 Å². The first kappa shape index (κ1) is 14.9. The molecule has 5 nitrogen and oxygen atoms in total. The van der Waals surface area contributed by atoms with E-state index < -0.39 is 9.84 Å². The monoisotopic (exact) mass is 321 g/mol. The lowest BCUT2D eigenvalue weighted by Gasteiger charge is -2.21. The van der Waals surface area contributed by atoms with Crippen LogP contribution in [0.1, 0.15) is 19.8 Å². The first-order valence-corrected chi connectivity index (χ1v) is 9.95. The summed E-state index contributed by atoms with van der Waals surface area (Å²) in [6, 6.07) is 0. The smallest absolute Gasteiger partial charge is 0.185 e. The van der Waals surface area contributed by atoms with E-state index in [1.807, 2.05) is 18.7 Å². The van der Waals surface area contributed by atoms with Crippen molar-refractivity contribution in [2.45, 2.75) is 24.7 Å². The van der Waals surface area contributed by atoms with E-state index in [9.17, 15) is 8.42 Å². The fourth-order valence-corrected chi connectivity index (χ4v) is 5.80. The van der Waals surface area contributed by atoms with Crippen LogP contribution in [0.4, 0.5) is 10.8 Å². The molecule has 1 saturated heterocycles.